The molecular formula is C25H41N5O6SSi2. The molecule has 11 nitrogen and oxygen atoms in total. The molecule has 2 heterocycles. The maximum absolute atomic E-state index is 13.4. The predicted molar refractivity (Wildman–Crippen MR) is 159 cm³/mol. The average Bonchev–Trinajstić information content (AvgIpc) is 3.32. The molecule has 0 spiro atoms. The van der Waals surface area contributed by atoms with Crippen LogP contribution in [0.2, 0.25) is 51.4 Å². The molecule has 14 heteroatoms. The van der Waals surface area contributed by atoms with E-state index in [0.29, 0.717) is 41.1 Å². The molecule has 0 fully saturated rings. The Kier molecular flexibility index (Phi) is 9.94. The number of benzene rings is 1. The first kappa shape index (κ1) is 31.2. The Morgan fingerprint density at radius 2 is 1.56 bits per heavy atom. The van der Waals surface area contributed by atoms with Gasteiger partial charge in [0.15, 0.2) is 6.79 Å². The molecule has 0 aliphatic rings. The Balaban J connectivity index is 1.95. The minimum Gasteiger partial charge on any atom is -0.465 e. The zero-order valence-corrected chi connectivity index (χ0v) is 27.0. The van der Waals surface area contributed by atoms with Crippen molar-refractivity contribution in [3.8, 4) is 17.0 Å². The van der Waals surface area contributed by atoms with E-state index in [2.05, 4.69) is 49.3 Å². The highest BCUT2D eigenvalue weighted by atomic mass is 32.2. The summed E-state index contributed by atoms with van der Waals surface area (Å²) in [5, 5.41) is 0.311. The van der Waals surface area contributed by atoms with Gasteiger partial charge in [0.2, 0.25) is 0 Å². The van der Waals surface area contributed by atoms with Gasteiger partial charge in [0.1, 0.15) is 30.7 Å². The Bertz CT molecular complexity index is 1440. The van der Waals surface area contributed by atoms with Crippen LogP contribution >= 0.6 is 0 Å². The van der Waals surface area contributed by atoms with Crippen molar-refractivity contribution in [1.82, 2.24) is 22.8 Å². The molecule has 1 aromatic carbocycles. The third kappa shape index (κ3) is 8.56. The zero-order valence-electron chi connectivity index (χ0n) is 24.2. The summed E-state index contributed by atoms with van der Waals surface area (Å²) in [5.41, 5.74) is 0.979. The van der Waals surface area contributed by atoms with Crippen LogP contribution in [0.25, 0.3) is 22.2 Å². The van der Waals surface area contributed by atoms with Gasteiger partial charge in [-0.1, -0.05) is 39.3 Å². The van der Waals surface area contributed by atoms with Gasteiger partial charge in [0.05, 0.1) is 11.1 Å². The second kappa shape index (κ2) is 12.4. The summed E-state index contributed by atoms with van der Waals surface area (Å²) in [5.74, 6) is 0.351. The highest BCUT2D eigenvalue weighted by Crippen LogP contribution is 2.30. The smallest absolute Gasteiger partial charge is 0.308 e. The van der Waals surface area contributed by atoms with Crippen molar-refractivity contribution in [3.05, 3.63) is 41.3 Å². The zero-order chi connectivity index (χ0) is 29.0. The Labute approximate surface area is 232 Å². The molecule has 0 N–H and O–H groups in total. The lowest BCUT2D eigenvalue weighted by Crippen LogP contribution is -2.27. The van der Waals surface area contributed by atoms with E-state index in [4.69, 9.17) is 14.2 Å². The fraction of sp³-hybridized carbons (Fsp3) is 0.560. The van der Waals surface area contributed by atoms with Crippen molar-refractivity contribution in [3.63, 3.8) is 0 Å². The molecule has 0 radical (unpaired) electrons. The predicted octanol–water partition coefficient (Wildman–Crippen LogP) is 3.92. The van der Waals surface area contributed by atoms with E-state index >= 15 is 0 Å². The van der Waals surface area contributed by atoms with Crippen LogP contribution in [0.4, 0.5) is 0 Å². The summed E-state index contributed by atoms with van der Waals surface area (Å²) in [6.07, 6.45) is 4.08. The van der Waals surface area contributed by atoms with Crippen molar-refractivity contribution < 1.29 is 22.6 Å². The van der Waals surface area contributed by atoms with Crippen LogP contribution in [0.15, 0.2) is 35.8 Å². The van der Waals surface area contributed by atoms with Gasteiger partial charge in [-0.2, -0.15) is 12.7 Å². The lowest BCUT2D eigenvalue weighted by molar-refractivity contribution is 0.0228. The van der Waals surface area contributed by atoms with Crippen molar-refractivity contribution in [1.29, 1.82) is 0 Å². The van der Waals surface area contributed by atoms with Crippen LogP contribution < -0.4 is 10.3 Å². The molecule has 216 valence electrons. The van der Waals surface area contributed by atoms with Gasteiger partial charge in [-0.15, -0.1) is 0 Å². The fourth-order valence-corrected chi connectivity index (χ4v) is 5.73. The maximum Gasteiger partial charge on any atom is 0.308 e. The molecule has 0 unspecified atom stereocenters. The molecule has 39 heavy (non-hydrogen) atoms. The van der Waals surface area contributed by atoms with Crippen LogP contribution in [0, 0.1) is 0 Å². The summed E-state index contributed by atoms with van der Waals surface area (Å²) >= 11 is 0. The maximum atomic E-state index is 13.4. The first-order valence-electron chi connectivity index (χ1n) is 12.9. The number of imidazole rings is 1. The van der Waals surface area contributed by atoms with Crippen molar-refractivity contribution in [2.45, 2.75) is 58.1 Å². The van der Waals surface area contributed by atoms with E-state index in [1.54, 1.807) is 12.1 Å². The van der Waals surface area contributed by atoms with E-state index in [-0.39, 0.29) is 19.1 Å². The molecule has 0 aliphatic carbocycles. The minimum atomic E-state index is -3.74. The van der Waals surface area contributed by atoms with Crippen LogP contribution in [0.3, 0.4) is 0 Å². The summed E-state index contributed by atoms with van der Waals surface area (Å²) in [6, 6.07) is 5.33. The number of hydrogen-bond donors (Lipinski definition) is 0. The third-order valence-electron chi connectivity index (χ3n) is 6.00. The number of hydrogen-bond acceptors (Lipinski definition) is 8. The molecule has 0 atom stereocenters. The van der Waals surface area contributed by atoms with Gasteiger partial charge < -0.3 is 14.2 Å². The van der Waals surface area contributed by atoms with Crippen LogP contribution in [0.1, 0.15) is 0 Å². The largest absolute Gasteiger partial charge is 0.465 e. The number of rotatable bonds is 14. The van der Waals surface area contributed by atoms with E-state index < -0.39 is 26.4 Å². The lowest BCUT2D eigenvalue weighted by Gasteiger charge is -2.17. The molecule has 0 aliphatic heterocycles. The first-order chi connectivity index (χ1) is 18.1. The monoisotopic (exact) mass is 595 g/mol. The minimum absolute atomic E-state index is 0.00293. The number of ether oxygens (including phenoxy) is 3. The van der Waals surface area contributed by atoms with E-state index in [1.807, 2.05) is 0 Å². The van der Waals surface area contributed by atoms with Crippen molar-refractivity contribution >= 4 is 37.3 Å². The van der Waals surface area contributed by atoms with Crippen LogP contribution in [0.5, 0.6) is 5.75 Å². The van der Waals surface area contributed by atoms with E-state index in [0.717, 1.165) is 20.4 Å². The average molecular weight is 596 g/mol. The summed E-state index contributed by atoms with van der Waals surface area (Å²) < 4.78 is 46.1. The molecule has 0 saturated heterocycles. The Morgan fingerprint density at radius 1 is 0.923 bits per heavy atom. The van der Waals surface area contributed by atoms with E-state index in [1.165, 1.54) is 37.5 Å². The Hall–Kier alpha value is -2.37. The second-order valence-electron chi connectivity index (χ2n) is 12.1. The number of aromatic nitrogens is 4. The molecule has 0 saturated carbocycles. The highest BCUT2D eigenvalue weighted by molar-refractivity contribution is 7.87. The van der Waals surface area contributed by atoms with Gasteiger partial charge in [-0.05, 0) is 24.2 Å². The molecule has 3 rings (SSSR count). The topological polar surface area (TPSA) is 118 Å². The van der Waals surface area contributed by atoms with Gasteiger partial charge in [0, 0.05) is 55.2 Å². The van der Waals surface area contributed by atoms with Crippen molar-refractivity contribution in [2.75, 3.05) is 34.1 Å². The lowest BCUT2D eigenvalue weighted by atomic mass is 10.1. The highest BCUT2D eigenvalue weighted by Gasteiger charge is 2.20. The summed E-state index contributed by atoms with van der Waals surface area (Å²) in [4.78, 5) is 22.2. The second-order valence-corrected chi connectivity index (χ2v) is 25.4. The first-order valence-corrected chi connectivity index (χ1v) is 21.7. The SMILES string of the molecule is CN(C)S(=O)(=O)n1cnc(-c2cc(OCOCC[Si](C)(C)C)c3ncn(COCC[Si](C)(C)C)c(=O)c3c2)c1. The quantitative estimate of drug-likeness (QED) is 0.156. The van der Waals surface area contributed by atoms with Crippen LogP contribution in [-0.2, 0) is 26.4 Å². The van der Waals surface area contributed by atoms with Gasteiger partial charge in [-0.3, -0.25) is 9.36 Å². The molecule has 2 aromatic heterocycles. The summed E-state index contributed by atoms with van der Waals surface area (Å²) in [6.45, 7) is 14.8. The van der Waals surface area contributed by atoms with Crippen molar-refractivity contribution in [2.24, 2.45) is 0 Å². The number of nitrogens with zero attached hydrogens (tertiary/aromatic N) is 5. The van der Waals surface area contributed by atoms with Gasteiger partial charge in [-0.25, -0.2) is 13.9 Å². The molecule has 3 aromatic rings. The normalized spacial score (nSPS) is 12.9. The standard InChI is InChI=1S/C25H41N5O6SSi2/c1-28(2)37(32,33)30-15-22(26-17-30)20-13-21-24(23(14-20)36-19-35-10-12-39(6,7)8)27-16-29(25(21)31)18-34-9-11-38(3,4)5/h13-17H,9-12,18-19H2,1-8H3. The van der Waals surface area contributed by atoms with Crippen LogP contribution in [-0.4, -0.2) is 81.5 Å². The summed E-state index contributed by atoms with van der Waals surface area (Å²) in [7, 11) is -3.37. The molecule has 0 bridgehead atoms. The van der Waals surface area contributed by atoms with E-state index in [9.17, 15) is 13.2 Å². The fourth-order valence-electron chi connectivity index (χ4n) is 3.44. The number of fused-ring (bicyclic) bond motifs is 1. The van der Waals surface area contributed by atoms with Gasteiger partial charge >= 0.3 is 10.2 Å². The molecular weight excluding hydrogens is 555 g/mol. The Morgan fingerprint density at radius 3 is 2.18 bits per heavy atom. The third-order valence-corrected chi connectivity index (χ3v) is 11.1. The molecule has 0 amide bonds. The van der Waals surface area contributed by atoms with Gasteiger partial charge in [0.25, 0.3) is 5.56 Å².